The summed E-state index contributed by atoms with van der Waals surface area (Å²) in [4.78, 5) is 2.61. The van der Waals surface area contributed by atoms with Crippen LogP contribution in [0.25, 0.3) is 10.4 Å². The molecule has 0 saturated heterocycles. The van der Waals surface area contributed by atoms with Gasteiger partial charge in [0.15, 0.2) is 0 Å². The van der Waals surface area contributed by atoms with Gasteiger partial charge in [0.25, 0.3) is 0 Å². The van der Waals surface area contributed by atoms with Crippen molar-refractivity contribution >= 4 is 7.60 Å². The van der Waals surface area contributed by atoms with Gasteiger partial charge in [-0.3, -0.25) is 4.57 Å². The second-order valence-electron chi connectivity index (χ2n) is 3.96. The maximum Gasteiger partial charge on any atom is 0.332 e. The zero-order valence-electron chi connectivity index (χ0n) is 13.3. The Morgan fingerprint density at radius 1 is 0.909 bits per heavy atom. The summed E-state index contributed by atoms with van der Waals surface area (Å²) in [7, 11) is -3.02. The molecule has 0 radical (unpaired) electrons. The number of azide groups is 1. The Balaban J connectivity index is 3.41. The third-order valence-corrected chi connectivity index (χ3v) is 4.34. The molecule has 0 fully saturated rings. The fraction of sp³-hybridized carbons (Fsp3) is 1.00. The molecular weight excluding hydrogens is 313 g/mol. The summed E-state index contributed by atoms with van der Waals surface area (Å²) in [5, 5.41) is 3.34. The van der Waals surface area contributed by atoms with Gasteiger partial charge in [-0.25, -0.2) is 0 Å². The van der Waals surface area contributed by atoms with E-state index in [1.54, 1.807) is 13.8 Å². The molecule has 0 bridgehead atoms. The van der Waals surface area contributed by atoms with Crippen molar-refractivity contribution in [1.29, 1.82) is 0 Å². The summed E-state index contributed by atoms with van der Waals surface area (Å²) in [6.45, 7) is 6.94. The fourth-order valence-corrected chi connectivity index (χ4v) is 2.90. The third kappa shape index (κ3) is 13.0. The van der Waals surface area contributed by atoms with E-state index in [9.17, 15) is 4.57 Å². The normalized spacial score (nSPS) is 11.4. The van der Waals surface area contributed by atoms with Crippen LogP contribution in [-0.2, 0) is 27.8 Å². The van der Waals surface area contributed by atoms with Crippen LogP contribution in [0, 0.1) is 0 Å². The highest BCUT2D eigenvalue weighted by Gasteiger charge is 2.22. The van der Waals surface area contributed by atoms with E-state index in [-0.39, 0.29) is 6.16 Å². The molecule has 10 heteroatoms. The van der Waals surface area contributed by atoms with Crippen LogP contribution in [0.4, 0.5) is 0 Å². The van der Waals surface area contributed by atoms with Crippen LogP contribution in [0.15, 0.2) is 5.11 Å². The molecule has 0 aromatic heterocycles. The van der Waals surface area contributed by atoms with Crippen LogP contribution in [0.1, 0.15) is 13.8 Å². The van der Waals surface area contributed by atoms with Crippen molar-refractivity contribution in [3.05, 3.63) is 10.4 Å². The lowest BCUT2D eigenvalue weighted by Gasteiger charge is -2.16. The van der Waals surface area contributed by atoms with Gasteiger partial charge in [0, 0.05) is 11.5 Å². The highest BCUT2D eigenvalue weighted by Crippen LogP contribution is 2.47. The molecule has 0 aliphatic rings. The first-order valence-electron chi connectivity index (χ1n) is 7.30. The van der Waals surface area contributed by atoms with Crippen LogP contribution < -0.4 is 0 Å². The van der Waals surface area contributed by atoms with Gasteiger partial charge in [-0.1, -0.05) is 5.11 Å². The maximum atomic E-state index is 12.1. The van der Waals surface area contributed by atoms with Gasteiger partial charge in [0.1, 0.15) is 0 Å². The summed E-state index contributed by atoms with van der Waals surface area (Å²) >= 11 is 0. The first-order chi connectivity index (χ1) is 10.7. The third-order valence-electron chi connectivity index (χ3n) is 2.30. The smallest absolute Gasteiger partial charge is 0.332 e. The molecule has 0 N–H and O–H groups in total. The summed E-state index contributed by atoms with van der Waals surface area (Å²) in [6.07, 6.45) is 0.233. The molecule has 0 rings (SSSR count). The van der Waals surface area contributed by atoms with Crippen LogP contribution >= 0.6 is 7.60 Å². The summed E-state index contributed by atoms with van der Waals surface area (Å²) in [5.74, 6) is 0. The monoisotopic (exact) mass is 339 g/mol. The quantitative estimate of drug-likeness (QED) is 0.140. The van der Waals surface area contributed by atoms with Crippen LogP contribution in [-0.4, -0.2) is 65.6 Å². The molecule has 0 aliphatic heterocycles. The zero-order valence-corrected chi connectivity index (χ0v) is 14.2. The van der Waals surface area contributed by atoms with E-state index in [1.165, 1.54) is 0 Å². The Labute approximate surface area is 131 Å². The summed E-state index contributed by atoms with van der Waals surface area (Å²) in [5.41, 5.74) is 8.05. The Hall–Kier alpha value is -0.660. The molecule has 0 aromatic carbocycles. The van der Waals surface area contributed by atoms with Gasteiger partial charge in [-0.2, -0.15) is 0 Å². The molecular formula is C12H26N3O6P. The average Bonchev–Trinajstić information content (AvgIpc) is 2.49. The van der Waals surface area contributed by atoms with E-state index in [0.717, 1.165) is 0 Å². The highest BCUT2D eigenvalue weighted by molar-refractivity contribution is 7.53. The molecule has 0 unspecified atom stereocenters. The predicted molar refractivity (Wildman–Crippen MR) is 82.2 cm³/mol. The number of hydrogen-bond donors (Lipinski definition) is 0. The van der Waals surface area contributed by atoms with Gasteiger partial charge < -0.3 is 23.3 Å². The first kappa shape index (κ1) is 21.3. The lowest BCUT2D eigenvalue weighted by Crippen LogP contribution is -2.12. The van der Waals surface area contributed by atoms with Gasteiger partial charge >= 0.3 is 7.60 Å². The Kier molecular flexibility index (Phi) is 14.8. The van der Waals surface area contributed by atoms with Gasteiger partial charge in [-0.15, -0.1) is 0 Å². The van der Waals surface area contributed by atoms with Crippen molar-refractivity contribution in [2.45, 2.75) is 13.8 Å². The Morgan fingerprint density at radius 3 is 1.91 bits per heavy atom. The minimum atomic E-state index is -3.02. The minimum Gasteiger partial charge on any atom is -0.379 e. The highest BCUT2D eigenvalue weighted by atomic mass is 31.2. The molecule has 0 aliphatic carbocycles. The van der Waals surface area contributed by atoms with Crippen molar-refractivity contribution < 1.29 is 27.8 Å². The average molecular weight is 339 g/mol. The second-order valence-corrected chi connectivity index (χ2v) is 6.15. The zero-order chi connectivity index (χ0) is 16.5. The molecule has 0 spiro atoms. The van der Waals surface area contributed by atoms with Crippen molar-refractivity contribution in [2.75, 3.05) is 65.6 Å². The van der Waals surface area contributed by atoms with E-state index < -0.39 is 7.60 Å². The van der Waals surface area contributed by atoms with Gasteiger partial charge in [-0.05, 0) is 19.4 Å². The molecule has 0 aromatic rings. The maximum absolute atomic E-state index is 12.1. The second kappa shape index (κ2) is 15.2. The number of ether oxygens (including phenoxy) is 3. The lowest BCUT2D eigenvalue weighted by atomic mass is 10.7. The summed E-state index contributed by atoms with van der Waals surface area (Å²) in [6, 6.07) is 0. The van der Waals surface area contributed by atoms with Crippen LogP contribution in [0.2, 0.25) is 0 Å². The lowest BCUT2D eigenvalue weighted by molar-refractivity contribution is 0.0181. The van der Waals surface area contributed by atoms with Gasteiger partial charge in [0.2, 0.25) is 0 Å². The minimum absolute atomic E-state index is 0.233. The predicted octanol–water partition coefficient (Wildman–Crippen LogP) is 2.61. The Bertz CT molecular complexity index is 342. The Morgan fingerprint density at radius 2 is 1.41 bits per heavy atom. The van der Waals surface area contributed by atoms with E-state index in [0.29, 0.717) is 59.4 Å². The largest absolute Gasteiger partial charge is 0.379 e. The SMILES string of the molecule is CCOP(=O)(CCOCCOCCOCCN=[N+]=[N-])OCC. The molecule has 22 heavy (non-hydrogen) atoms. The molecule has 0 atom stereocenters. The van der Waals surface area contributed by atoms with Crippen molar-refractivity contribution in [3.63, 3.8) is 0 Å². The van der Waals surface area contributed by atoms with Crippen molar-refractivity contribution in [1.82, 2.24) is 0 Å². The first-order valence-corrected chi connectivity index (χ1v) is 9.03. The molecule has 130 valence electrons. The fourth-order valence-electron chi connectivity index (χ4n) is 1.43. The van der Waals surface area contributed by atoms with E-state index in [1.807, 2.05) is 0 Å². The standard InChI is InChI=1S/C12H26N3O6P/c1-3-20-22(16,21-4-2)12-11-19-10-9-18-8-7-17-6-5-14-15-13/h3-12H2,1-2H3. The molecule has 0 heterocycles. The number of rotatable bonds is 16. The van der Waals surface area contributed by atoms with Crippen LogP contribution in [0.3, 0.4) is 0 Å². The van der Waals surface area contributed by atoms with Gasteiger partial charge in [0.05, 0.1) is 59.0 Å². The summed E-state index contributed by atoms with van der Waals surface area (Å²) < 4.78 is 38.2. The van der Waals surface area contributed by atoms with Crippen molar-refractivity contribution in [2.24, 2.45) is 5.11 Å². The molecule has 0 amide bonds. The van der Waals surface area contributed by atoms with Crippen molar-refractivity contribution in [3.8, 4) is 0 Å². The van der Waals surface area contributed by atoms with Crippen LogP contribution in [0.5, 0.6) is 0 Å². The molecule has 9 nitrogen and oxygen atoms in total. The molecule has 0 saturated carbocycles. The number of hydrogen-bond acceptors (Lipinski definition) is 7. The van der Waals surface area contributed by atoms with E-state index in [4.69, 9.17) is 28.8 Å². The van der Waals surface area contributed by atoms with E-state index >= 15 is 0 Å². The van der Waals surface area contributed by atoms with E-state index in [2.05, 4.69) is 10.0 Å². The topological polar surface area (TPSA) is 112 Å². The number of nitrogens with zero attached hydrogens (tertiary/aromatic N) is 3.